The van der Waals surface area contributed by atoms with E-state index in [1.165, 1.54) is 21.9 Å². The first kappa shape index (κ1) is 13.2. The standard InChI is InChI=1S/C15H14.C2H6/c1-4-12-8-9-13-7-6-11(3)10-15(13)14(12)5-2;1-2/h4-10H,1-2H2,3H3;1-2H3. The molecule has 2 rings (SSSR count). The SMILES string of the molecule is C=Cc1ccc2ccc(C)cc2c1C=C.CC. The molecule has 2 aromatic rings. The molecule has 0 saturated heterocycles. The van der Waals surface area contributed by atoms with E-state index < -0.39 is 0 Å². The summed E-state index contributed by atoms with van der Waals surface area (Å²) in [6.45, 7) is 13.8. The van der Waals surface area contributed by atoms with E-state index in [2.05, 4.69) is 50.4 Å². The lowest BCUT2D eigenvalue weighted by Gasteiger charge is -2.07. The van der Waals surface area contributed by atoms with Crippen LogP contribution in [0, 0.1) is 6.92 Å². The van der Waals surface area contributed by atoms with Gasteiger partial charge in [0, 0.05) is 0 Å². The van der Waals surface area contributed by atoms with Gasteiger partial charge in [-0.3, -0.25) is 0 Å². The van der Waals surface area contributed by atoms with Crippen LogP contribution in [0.25, 0.3) is 22.9 Å². The quantitative estimate of drug-likeness (QED) is 0.635. The third kappa shape index (κ3) is 2.65. The lowest BCUT2D eigenvalue weighted by molar-refractivity contribution is 1.50. The molecule has 0 unspecified atom stereocenters. The van der Waals surface area contributed by atoms with Gasteiger partial charge in [-0.1, -0.05) is 75.1 Å². The summed E-state index contributed by atoms with van der Waals surface area (Å²) in [4.78, 5) is 0. The van der Waals surface area contributed by atoms with Crippen LogP contribution in [0.5, 0.6) is 0 Å². The molecule has 0 aliphatic rings. The molecule has 0 heterocycles. The molecule has 0 aliphatic carbocycles. The summed E-state index contributed by atoms with van der Waals surface area (Å²) in [6.07, 6.45) is 3.78. The molecule has 0 saturated carbocycles. The summed E-state index contributed by atoms with van der Waals surface area (Å²) in [5.74, 6) is 0. The van der Waals surface area contributed by atoms with Gasteiger partial charge in [0.15, 0.2) is 0 Å². The average Bonchev–Trinajstić information content (AvgIpc) is 2.39. The van der Waals surface area contributed by atoms with Gasteiger partial charge >= 0.3 is 0 Å². The van der Waals surface area contributed by atoms with E-state index in [0.29, 0.717) is 0 Å². The number of benzene rings is 2. The molecule has 17 heavy (non-hydrogen) atoms. The first-order chi connectivity index (χ1) is 8.26. The molecule has 0 atom stereocenters. The van der Waals surface area contributed by atoms with Gasteiger partial charge in [0.05, 0.1) is 0 Å². The molecular formula is C17H20. The van der Waals surface area contributed by atoms with Crippen LogP contribution in [0.2, 0.25) is 0 Å². The van der Waals surface area contributed by atoms with Gasteiger partial charge in [-0.25, -0.2) is 0 Å². The molecule has 0 fully saturated rings. The smallest absolute Gasteiger partial charge is 0.0103 e. The van der Waals surface area contributed by atoms with E-state index in [1.54, 1.807) is 0 Å². The van der Waals surface area contributed by atoms with Gasteiger partial charge < -0.3 is 0 Å². The van der Waals surface area contributed by atoms with E-state index in [9.17, 15) is 0 Å². The average molecular weight is 224 g/mol. The third-order valence-corrected chi connectivity index (χ3v) is 2.68. The molecule has 0 amide bonds. The van der Waals surface area contributed by atoms with Crippen molar-refractivity contribution in [3.8, 4) is 0 Å². The van der Waals surface area contributed by atoms with Crippen LogP contribution in [0.15, 0.2) is 43.5 Å². The summed E-state index contributed by atoms with van der Waals surface area (Å²) in [6, 6.07) is 10.7. The lowest BCUT2D eigenvalue weighted by atomic mass is 9.97. The summed E-state index contributed by atoms with van der Waals surface area (Å²) in [5, 5.41) is 2.50. The van der Waals surface area contributed by atoms with Crippen molar-refractivity contribution in [1.82, 2.24) is 0 Å². The Hall–Kier alpha value is -1.82. The van der Waals surface area contributed by atoms with Gasteiger partial charge in [0.25, 0.3) is 0 Å². The summed E-state index contributed by atoms with van der Waals surface area (Å²) in [5.41, 5.74) is 3.58. The van der Waals surface area contributed by atoms with Gasteiger partial charge in [-0.05, 0) is 28.8 Å². The summed E-state index contributed by atoms with van der Waals surface area (Å²) >= 11 is 0. The van der Waals surface area contributed by atoms with Crippen LogP contribution in [0.1, 0.15) is 30.5 Å². The predicted molar refractivity (Wildman–Crippen MR) is 80.2 cm³/mol. The van der Waals surface area contributed by atoms with E-state index >= 15 is 0 Å². The molecular weight excluding hydrogens is 204 g/mol. The van der Waals surface area contributed by atoms with Gasteiger partial charge in [0.1, 0.15) is 0 Å². The monoisotopic (exact) mass is 224 g/mol. The Morgan fingerprint density at radius 1 is 0.941 bits per heavy atom. The first-order valence-corrected chi connectivity index (χ1v) is 6.04. The summed E-state index contributed by atoms with van der Waals surface area (Å²) in [7, 11) is 0. The second-order valence-electron chi connectivity index (χ2n) is 3.70. The zero-order valence-electron chi connectivity index (χ0n) is 11.0. The lowest BCUT2D eigenvalue weighted by Crippen LogP contribution is -1.84. The van der Waals surface area contributed by atoms with Crippen molar-refractivity contribution in [3.63, 3.8) is 0 Å². The van der Waals surface area contributed by atoms with Crippen molar-refractivity contribution >= 4 is 22.9 Å². The van der Waals surface area contributed by atoms with E-state index in [1.807, 2.05) is 26.0 Å². The Morgan fingerprint density at radius 2 is 1.59 bits per heavy atom. The third-order valence-electron chi connectivity index (χ3n) is 2.68. The first-order valence-electron chi connectivity index (χ1n) is 6.04. The largest absolute Gasteiger partial charge is 0.0984 e. The number of hydrogen-bond acceptors (Lipinski definition) is 0. The number of rotatable bonds is 2. The predicted octanol–water partition coefficient (Wildman–Crippen LogP) is 5.46. The van der Waals surface area contributed by atoms with Gasteiger partial charge in [-0.2, -0.15) is 0 Å². The van der Waals surface area contributed by atoms with E-state index in [0.717, 1.165) is 5.56 Å². The highest BCUT2D eigenvalue weighted by Gasteiger charge is 2.02. The van der Waals surface area contributed by atoms with Crippen molar-refractivity contribution in [2.24, 2.45) is 0 Å². The van der Waals surface area contributed by atoms with E-state index in [4.69, 9.17) is 0 Å². The summed E-state index contributed by atoms with van der Waals surface area (Å²) < 4.78 is 0. The van der Waals surface area contributed by atoms with Crippen LogP contribution < -0.4 is 0 Å². The second-order valence-corrected chi connectivity index (χ2v) is 3.70. The molecule has 0 bridgehead atoms. The fraction of sp³-hybridized carbons (Fsp3) is 0.176. The maximum atomic E-state index is 3.87. The number of fused-ring (bicyclic) bond motifs is 1. The molecule has 0 spiro atoms. The molecule has 0 nitrogen and oxygen atoms in total. The Kier molecular flexibility index (Phi) is 4.71. The van der Waals surface area contributed by atoms with Crippen molar-refractivity contribution in [2.45, 2.75) is 20.8 Å². The van der Waals surface area contributed by atoms with Crippen molar-refractivity contribution in [1.29, 1.82) is 0 Å². The fourth-order valence-corrected chi connectivity index (χ4v) is 1.88. The maximum absolute atomic E-state index is 3.87. The fourth-order valence-electron chi connectivity index (χ4n) is 1.88. The molecule has 0 radical (unpaired) electrons. The topological polar surface area (TPSA) is 0 Å². The van der Waals surface area contributed by atoms with Crippen molar-refractivity contribution < 1.29 is 0 Å². The Labute approximate surface area is 104 Å². The van der Waals surface area contributed by atoms with Crippen molar-refractivity contribution in [3.05, 3.63) is 60.2 Å². The minimum atomic E-state index is 1.14. The zero-order chi connectivity index (χ0) is 12.8. The second kappa shape index (κ2) is 6.05. The van der Waals surface area contributed by atoms with Crippen LogP contribution in [-0.2, 0) is 0 Å². The minimum Gasteiger partial charge on any atom is -0.0984 e. The molecule has 0 heteroatoms. The van der Waals surface area contributed by atoms with Crippen molar-refractivity contribution in [2.75, 3.05) is 0 Å². The Morgan fingerprint density at radius 3 is 2.18 bits per heavy atom. The van der Waals surface area contributed by atoms with Crippen LogP contribution >= 0.6 is 0 Å². The number of hydrogen-bond donors (Lipinski definition) is 0. The molecule has 0 aliphatic heterocycles. The van der Waals surface area contributed by atoms with Crippen LogP contribution in [-0.4, -0.2) is 0 Å². The highest BCUT2D eigenvalue weighted by molar-refractivity contribution is 5.94. The minimum absolute atomic E-state index is 1.14. The van der Waals surface area contributed by atoms with Crippen LogP contribution in [0.4, 0.5) is 0 Å². The highest BCUT2D eigenvalue weighted by atomic mass is 14.1. The Bertz CT molecular complexity index is 533. The maximum Gasteiger partial charge on any atom is -0.0103 e. The molecule has 0 aromatic heterocycles. The van der Waals surface area contributed by atoms with Gasteiger partial charge in [-0.15, -0.1) is 0 Å². The molecule has 0 N–H and O–H groups in total. The molecule has 2 aromatic carbocycles. The normalized spacial score (nSPS) is 9.35. The highest BCUT2D eigenvalue weighted by Crippen LogP contribution is 2.25. The van der Waals surface area contributed by atoms with Gasteiger partial charge in [0.2, 0.25) is 0 Å². The zero-order valence-corrected chi connectivity index (χ0v) is 11.0. The van der Waals surface area contributed by atoms with E-state index in [-0.39, 0.29) is 0 Å². The Balaban J connectivity index is 0.000000686. The molecule has 88 valence electrons. The van der Waals surface area contributed by atoms with Crippen LogP contribution in [0.3, 0.4) is 0 Å². The number of aryl methyl sites for hydroxylation is 1.